The number of aryl methyl sites for hydroxylation is 2. The van der Waals surface area contributed by atoms with E-state index in [1.54, 1.807) is 19.9 Å². The lowest BCUT2D eigenvalue weighted by atomic mass is 9.60. The van der Waals surface area contributed by atoms with E-state index in [2.05, 4.69) is 6.58 Å². The van der Waals surface area contributed by atoms with Crippen molar-refractivity contribution in [2.75, 3.05) is 4.90 Å². The van der Waals surface area contributed by atoms with Gasteiger partial charge in [-0.3, -0.25) is 9.59 Å². The van der Waals surface area contributed by atoms with E-state index < -0.39 is 23.1 Å². The molecular formula is C25H23ClFNO3. The molecule has 0 spiro atoms. The van der Waals surface area contributed by atoms with E-state index in [0.29, 0.717) is 17.5 Å². The Balaban J connectivity index is 1.89. The van der Waals surface area contributed by atoms with Gasteiger partial charge in [0, 0.05) is 5.92 Å². The van der Waals surface area contributed by atoms with Crippen LogP contribution in [0.4, 0.5) is 10.1 Å². The van der Waals surface area contributed by atoms with Crippen LogP contribution in [-0.2, 0) is 9.59 Å². The molecule has 31 heavy (non-hydrogen) atoms. The molecule has 3 atom stereocenters. The molecule has 160 valence electrons. The van der Waals surface area contributed by atoms with Gasteiger partial charge in [-0.25, -0.2) is 9.29 Å². The fourth-order valence-electron chi connectivity index (χ4n) is 5.06. The van der Waals surface area contributed by atoms with Gasteiger partial charge in [0.25, 0.3) is 0 Å². The number of carbonyl (C=O) groups is 2. The van der Waals surface area contributed by atoms with Crippen LogP contribution in [0.2, 0.25) is 5.02 Å². The SMILES string of the molecule is C=CC1=CC[C@H]2C(=O)N(c3ccc(F)c(Cl)c3)C(=O)[C@@]2(C)[C@H]1c1cc(C)c(O)c(C)c1. The molecule has 2 aromatic carbocycles. The highest BCUT2D eigenvalue weighted by molar-refractivity contribution is 6.31. The minimum atomic E-state index is -1.06. The smallest absolute Gasteiger partial charge is 0.241 e. The van der Waals surface area contributed by atoms with Crippen LogP contribution >= 0.6 is 11.6 Å². The second-order valence-corrected chi connectivity index (χ2v) is 8.90. The molecule has 2 aliphatic rings. The summed E-state index contributed by atoms with van der Waals surface area (Å²) in [4.78, 5) is 28.3. The standard InChI is InChI=1S/C25H23ClFNO3/c1-5-15-6-8-18-23(30)28(17-7-9-20(27)19(26)12-17)24(31)25(18,4)21(15)16-10-13(2)22(29)14(3)11-16/h5-7,9-12,18,21,29H,1,8H2,2-4H3/t18-,21+,25+/m0/s1. The predicted molar refractivity (Wildman–Crippen MR) is 119 cm³/mol. The molecule has 0 saturated carbocycles. The highest BCUT2D eigenvalue weighted by atomic mass is 35.5. The Labute approximate surface area is 185 Å². The zero-order chi connectivity index (χ0) is 22.7. The van der Waals surface area contributed by atoms with Crippen LogP contribution in [-0.4, -0.2) is 16.9 Å². The summed E-state index contributed by atoms with van der Waals surface area (Å²) in [7, 11) is 0. The number of hydrogen-bond donors (Lipinski definition) is 1. The zero-order valence-corrected chi connectivity index (χ0v) is 18.3. The minimum Gasteiger partial charge on any atom is -0.507 e. The first kappa shape index (κ1) is 21.3. The van der Waals surface area contributed by atoms with Gasteiger partial charge in [0.2, 0.25) is 11.8 Å². The topological polar surface area (TPSA) is 57.6 Å². The summed E-state index contributed by atoms with van der Waals surface area (Å²) in [5.74, 6) is -2.08. The monoisotopic (exact) mass is 439 g/mol. The number of imide groups is 1. The molecule has 4 nitrogen and oxygen atoms in total. The highest BCUT2D eigenvalue weighted by Crippen LogP contribution is 2.57. The second kappa shape index (κ2) is 7.34. The maximum Gasteiger partial charge on any atom is 0.241 e. The average molecular weight is 440 g/mol. The number of aromatic hydroxyl groups is 1. The van der Waals surface area contributed by atoms with E-state index in [-0.39, 0.29) is 28.3 Å². The zero-order valence-electron chi connectivity index (χ0n) is 17.6. The lowest BCUT2D eigenvalue weighted by Crippen LogP contribution is -2.41. The number of hydrogen-bond acceptors (Lipinski definition) is 3. The molecule has 1 N–H and O–H groups in total. The Kier molecular flexibility index (Phi) is 5.05. The van der Waals surface area contributed by atoms with Crippen molar-refractivity contribution in [3.63, 3.8) is 0 Å². The summed E-state index contributed by atoms with van der Waals surface area (Å²) in [6.07, 6.45) is 4.08. The van der Waals surface area contributed by atoms with Crippen molar-refractivity contribution in [1.82, 2.24) is 0 Å². The van der Waals surface area contributed by atoms with E-state index in [4.69, 9.17) is 11.6 Å². The Morgan fingerprint density at radius 1 is 1.23 bits per heavy atom. The van der Waals surface area contributed by atoms with Crippen molar-refractivity contribution in [3.05, 3.63) is 82.2 Å². The highest BCUT2D eigenvalue weighted by Gasteiger charge is 2.62. The Morgan fingerprint density at radius 3 is 2.45 bits per heavy atom. The predicted octanol–water partition coefficient (Wildman–Crippen LogP) is 5.60. The molecule has 4 rings (SSSR count). The van der Waals surface area contributed by atoms with Gasteiger partial charge in [0.15, 0.2) is 0 Å². The number of allylic oxidation sites excluding steroid dienone is 3. The van der Waals surface area contributed by atoms with Crippen molar-refractivity contribution < 1.29 is 19.1 Å². The van der Waals surface area contributed by atoms with Gasteiger partial charge >= 0.3 is 0 Å². The summed E-state index contributed by atoms with van der Waals surface area (Å²) in [6, 6.07) is 7.56. The molecule has 2 aromatic rings. The van der Waals surface area contributed by atoms with Crippen LogP contribution in [0.5, 0.6) is 5.75 Å². The Morgan fingerprint density at radius 2 is 1.87 bits per heavy atom. The maximum atomic E-state index is 13.8. The summed E-state index contributed by atoms with van der Waals surface area (Å²) < 4.78 is 13.7. The molecule has 1 fully saturated rings. The number of fused-ring (bicyclic) bond motifs is 1. The van der Waals surface area contributed by atoms with E-state index >= 15 is 0 Å². The first-order chi connectivity index (χ1) is 14.6. The van der Waals surface area contributed by atoms with Crippen molar-refractivity contribution in [1.29, 1.82) is 0 Å². The van der Waals surface area contributed by atoms with Gasteiger partial charge in [-0.05, 0) is 67.7 Å². The fraction of sp³-hybridized carbons (Fsp3) is 0.280. The van der Waals surface area contributed by atoms with Crippen LogP contribution in [0, 0.1) is 31.0 Å². The van der Waals surface area contributed by atoms with Gasteiger partial charge < -0.3 is 5.11 Å². The fourth-order valence-corrected chi connectivity index (χ4v) is 5.23. The average Bonchev–Trinajstić information content (AvgIpc) is 2.93. The van der Waals surface area contributed by atoms with Crippen LogP contribution in [0.15, 0.2) is 54.6 Å². The van der Waals surface area contributed by atoms with Crippen LogP contribution in [0.3, 0.4) is 0 Å². The number of nitrogens with zero attached hydrogens (tertiary/aromatic N) is 1. The largest absolute Gasteiger partial charge is 0.507 e. The molecule has 1 aliphatic carbocycles. The minimum absolute atomic E-state index is 0.149. The number of phenols is 1. The first-order valence-corrected chi connectivity index (χ1v) is 10.4. The molecule has 0 bridgehead atoms. The normalized spacial score (nSPS) is 25.5. The number of carbonyl (C=O) groups excluding carboxylic acids is 2. The summed E-state index contributed by atoms with van der Waals surface area (Å²) in [5, 5.41) is 10.1. The number of halogens is 2. The van der Waals surface area contributed by atoms with Crippen molar-refractivity contribution in [2.24, 2.45) is 11.3 Å². The molecule has 0 aromatic heterocycles. The third kappa shape index (κ3) is 3.02. The van der Waals surface area contributed by atoms with Gasteiger partial charge in [0.1, 0.15) is 11.6 Å². The molecular weight excluding hydrogens is 417 g/mol. The maximum absolute atomic E-state index is 13.8. The van der Waals surface area contributed by atoms with Crippen LogP contribution < -0.4 is 4.90 Å². The molecule has 1 aliphatic heterocycles. The van der Waals surface area contributed by atoms with Gasteiger partial charge in [-0.2, -0.15) is 0 Å². The molecule has 2 amide bonds. The van der Waals surface area contributed by atoms with Gasteiger partial charge in [-0.1, -0.05) is 42.5 Å². The number of amides is 2. The van der Waals surface area contributed by atoms with Crippen molar-refractivity contribution in [2.45, 2.75) is 33.1 Å². The number of benzene rings is 2. The van der Waals surface area contributed by atoms with Gasteiger partial charge in [-0.15, -0.1) is 0 Å². The lowest BCUT2D eigenvalue weighted by molar-refractivity contribution is -0.127. The Bertz CT molecular complexity index is 1150. The van der Waals surface area contributed by atoms with E-state index in [9.17, 15) is 19.1 Å². The second-order valence-electron chi connectivity index (χ2n) is 8.49. The van der Waals surface area contributed by atoms with Crippen molar-refractivity contribution in [3.8, 4) is 5.75 Å². The van der Waals surface area contributed by atoms with E-state index in [1.165, 1.54) is 12.1 Å². The molecule has 6 heteroatoms. The summed E-state index contributed by atoms with van der Waals surface area (Å²) in [6.45, 7) is 9.34. The van der Waals surface area contributed by atoms with Crippen molar-refractivity contribution >= 4 is 29.1 Å². The quantitative estimate of drug-likeness (QED) is 0.633. The summed E-state index contributed by atoms with van der Waals surface area (Å²) >= 11 is 5.92. The Hall–Kier alpha value is -2.92. The third-order valence-corrected chi connectivity index (χ3v) is 6.96. The van der Waals surface area contributed by atoms with Crippen LogP contribution in [0.1, 0.15) is 36.0 Å². The number of phenolic OH excluding ortho intramolecular Hbond substituents is 1. The van der Waals surface area contributed by atoms with E-state index in [0.717, 1.165) is 22.1 Å². The van der Waals surface area contributed by atoms with Crippen LogP contribution in [0.25, 0.3) is 0 Å². The summed E-state index contributed by atoms with van der Waals surface area (Å²) in [5.41, 5.74) is 2.29. The number of anilines is 1. The number of rotatable bonds is 3. The molecule has 1 saturated heterocycles. The first-order valence-electron chi connectivity index (χ1n) is 10.1. The third-order valence-electron chi connectivity index (χ3n) is 6.67. The van der Waals surface area contributed by atoms with E-state index in [1.807, 2.05) is 25.1 Å². The lowest BCUT2D eigenvalue weighted by Gasteiger charge is -2.40. The molecule has 0 radical (unpaired) electrons. The molecule has 1 heterocycles. The van der Waals surface area contributed by atoms with Gasteiger partial charge in [0.05, 0.1) is 22.0 Å². The molecule has 0 unspecified atom stereocenters.